The molecule has 1 aliphatic rings. The van der Waals surface area contributed by atoms with Crippen LogP contribution in [0.25, 0.3) is 0 Å². The lowest BCUT2D eigenvalue weighted by atomic mass is 10.3. The van der Waals surface area contributed by atoms with Crippen LogP contribution in [0.3, 0.4) is 0 Å². The fourth-order valence-corrected chi connectivity index (χ4v) is 3.45. The van der Waals surface area contributed by atoms with Gasteiger partial charge in [-0.2, -0.15) is 0 Å². The normalized spacial score (nSPS) is 15.7. The Kier molecular flexibility index (Phi) is 8.30. The first-order chi connectivity index (χ1) is 10.7. The average Bonchev–Trinajstić information content (AvgIpc) is 2.54. The number of carbonyl (C=O) groups is 1. The molecule has 2 rings (SSSR count). The molecule has 6 heteroatoms. The van der Waals surface area contributed by atoms with Gasteiger partial charge in [-0.1, -0.05) is 15.9 Å². The van der Waals surface area contributed by atoms with Crippen LogP contribution in [0.1, 0.15) is 12.8 Å². The Morgan fingerprint density at radius 2 is 2.00 bits per heavy atom. The van der Waals surface area contributed by atoms with E-state index in [0.29, 0.717) is 6.42 Å². The van der Waals surface area contributed by atoms with Gasteiger partial charge in [-0.25, -0.2) is 0 Å². The molecular formula is C16H24BrN3OS. The van der Waals surface area contributed by atoms with Crippen LogP contribution < -0.4 is 10.6 Å². The molecule has 0 radical (unpaired) electrons. The lowest BCUT2D eigenvalue weighted by Crippen LogP contribution is -2.46. The molecule has 1 fully saturated rings. The van der Waals surface area contributed by atoms with E-state index in [9.17, 15) is 4.79 Å². The first-order valence-corrected chi connectivity index (χ1v) is 9.60. The van der Waals surface area contributed by atoms with E-state index in [1.54, 1.807) is 11.8 Å². The van der Waals surface area contributed by atoms with Gasteiger partial charge in [0.25, 0.3) is 0 Å². The van der Waals surface area contributed by atoms with E-state index >= 15 is 0 Å². The van der Waals surface area contributed by atoms with Gasteiger partial charge >= 0.3 is 0 Å². The van der Waals surface area contributed by atoms with E-state index in [1.807, 2.05) is 12.1 Å². The SMILES string of the molecule is O=C(CCCSc1ccc(Br)cc1)NCCN1CCNCC1. The van der Waals surface area contributed by atoms with E-state index < -0.39 is 0 Å². The van der Waals surface area contributed by atoms with Crippen molar-refractivity contribution in [3.63, 3.8) is 0 Å². The molecular weight excluding hydrogens is 362 g/mol. The topological polar surface area (TPSA) is 44.4 Å². The Labute approximate surface area is 145 Å². The predicted molar refractivity (Wildman–Crippen MR) is 96.4 cm³/mol. The molecule has 22 heavy (non-hydrogen) atoms. The number of carbonyl (C=O) groups excluding carboxylic acids is 1. The highest BCUT2D eigenvalue weighted by molar-refractivity contribution is 9.10. The van der Waals surface area contributed by atoms with Crippen LogP contribution >= 0.6 is 27.7 Å². The van der Waals surface area contributed by atoms with Crippen LogP contribution in [-0.4, -0.2) is 55.8 Å². The molecule has 0 atom stereocenters. The summed E-state index contributed by atoms with van der Waals surface area (Å²) in [6.45, 7) is 6.00. The van der Waals surface area contributed by atoms with Gasteiger partial charge in [-0.3, -0.25) is 9.69 Å². The maximum Gasteiger partial charge on any atom is 0.220 e. The lowest BCUT2D eigenvalue weighted by molar-refractivity contribution is -0.121. The van der Waals surface area contributed by atoms with Crippen LogP contribution in [0.15, 0.2) is 33.6 Å². The second kappa shape index (κ2) is 10.3. The van der Waals surface area contributed by atoms with Crippen LogP contribution in [-0.2, 0) is 4.79 Å². The largest absolute Gasteiger partial charge is 0.355 e. The number of thioether (sulfide) groups is 1. The summed E-state index contributed by atoms with van der Waals surface area (Å²) in [5.41, 5.74) is 0. The molecule has 2 N–H and O–H groups in total. The van der Waals surface area contributed by atoms with Crippen LogP contribution in [0.2, 0.25) is 0 Å². The number of hydrogen-bond acceptors (Lipinski definition) is 4. The molecule has 0 unspecified atom stereocenters. The number of hydrogen-bond donors (Lipinski definition) is 2. The number of rotatable bonds is 8. The summed E-state index contributed by atoms with van der Waals surface area (Å²) in [5, 5.41) is 6.35. The van der Waals surface area contributed by atoms with Crippen LogP contribution in [0.4, 0.5) is 0 Å². The molecule has 1 saturated heterocycles. The van der Waals surface area contributed by atoms with Gasteiger partial charge in [-0.05, 0) is 36.4 Å². The van der Waals surface area contributed by atoms with Gasteiger partial charge in [0.05, 0.1) is 0 Å². The highest BCUT2D eigenvalue weighted by atomic mass is 79.9. The predicted octanol–water partition coefficient (Wildman–Crippen LogP) is 2.34. The highest BCUT2D eigenvalue weighted by Crippen LogP contribution is 2.21. The summed E-state index contributed by atoms with van der Waals surface area (Å²) in [6.07, 6.45) is 1.53. The molecule has 0 saturated carbocycles. The molecule has 1 aromatic rings. The number of nitrogens with one attached hydrogen (secondary N) is 2. The van der Waals surface area contributed by atoms with Crippen molar-refractivity contribution in [3.05, 3.63) is 28.7 Å². The Morgan fingerprint density at radius 1 is 1.27 bits per heavy atom. The molecule has 0 aromatic heterocycles. The average molecular weight is 386 g/mol. The minimum Gasteiger partial charge on any atom is -0.355 e. The fraction of sp³-hybridized carbons (Fsp3) is 0.562. The molecule has 0 aliphatic carbocycles. The summed E-state index contributed by atoms with van der Waals surface area (Å²) < 4.78 is 1.10. The van der Waals surface area contributed by atoms with Crippen molar-refractivity contribution in [3.8, 4) is 0 Å². The number of amides is 1. The lowest BCUT2D eigenvalue weighted by Gasteiger charge is -2.27. The highest BCUT2D eigenvalue weighted by Gasteiger charge is 2.09. The zero-order chi connectivity index (χ0) is 15.6. The third kappa shape index (κ3) is 7.13. The monoisotopic (exact) mass is 385 g/mol. The molecule has 0 spiro atoms. The van der Waals surface area contributed by atoms with Gasteiger partial charge in [0.15, 0.2) is 0 Å². The second-order valence-corrected chi connectivity index (χ2v) is 7.43. The summed E-state index contributed by atoms with van der Waals surface area (Å²) in [6, 6.07) is 8.29. The quantitative estimate of drug-likeness (QED) is 0.532. The Hall–Kier alpha value is -0.560. The number of piperazine rings is 1. The number of benzene rings is 1. The van der Waals surface area contributed by atoms with Crippen molar-refractivity contribution in [2.45, 2.75) is 17.7 Å². The molecule has 1 amide bonds. The van der Waals surface area contributed by atoms with Crippen molar-refractivity contribution in [1.82, 2.24) is 15.5 Å². The molecule has 4 nitrogen and oxygen atoms in total. The molecule has 0 bridgehead atoms. The first kappa shape index (κ1) is 17.8. The molecule has 1 heterocycles. The van der Waals surface area contributed by atoms with E-state index in [2.05, 4.69) is 43.6 Å². The van der Waals surface area contributed by atoms with Gasteiger partial charge < -0.3 is 10.6 Å². The Bertz CT molecular complexity index is 449. The standard InChI is InChI=1S/C16H24BrN3OS/c17-14-3-5-15(6-4-14)22-13-1-2-16(21)19-9-12-20-10-7-18-8-11-20/h3-6,18H,1-2,7-13H2,(H,19,21). The smallest absolute Gasteiger partial charge is 0.220 e. The number of halogens is 1. The third-order valence-electron chi connectivity index (χ3n) is 3.59. The fourth-order valence-electron chi connectivity index (χ4n) is 2.33. The van der Waals surface area contributed by atoms with Crippen molar-refractivity contribution in [1.29, 1.82) is 0 Å². The summed E-state index contributed by atoms with van der Waals surface area (Å²) in [4.78, 5) is 15.4. The van der Waals surface area contributed by atoms with E-state index in [4.69, 9.17) is 0 Å². The first-order valence-electron chi connectivity index (χ1n) is 7.82. The number of nitrogens with zero attached hydrogens (tertiary/aromatic N) is 1. The molecule has 1 aliphatic heterocycles. The van der Waals surface area contributed by atoms with Crippen molar-refractivity contribution in [2.24, 2.45) is 0 Å². The van der Waals surface area contributed by atoms with Crippen molar-refractivity contribution in [2.75, 3.05) is 45.0 Å². The van der Waals surface area contributed by atoms with Gasteiger partial charge in [0, 0.05) is 55.1 Å². The zero-order valence-corrected chi connectivity index (χ0v) is 15.2. The van der Waals surface area contributed by atoms with Crippen molar-refractivity contribution < 1.29 is 4.79 Å². The Morgan fingerprint density at radius 3 is 2.73 bits per heavy atom. The van der Waals surface area contributed by atoms with Crippen molar-refractivity contribution >= 4 is 33.6 Å². The summed E-state index contributed by atoms with van der Waals surface area (Å²) in [5.74, 6) is 1.15. The minimum atomic E-state index is 0.173. The Balaban J connectivity index is 1.49. The van der Waals surface area contributed by atoms with E-state index in [1.165, 1.54) is 4.90 Å². The van der Waals surface area contributed by atoms with E-state index in [0.717, 1.165) is 55.9 Å². The second-order valence-electron chi connectivity index (χ2n) is 5.35. The zero-order valence-electron chi connectivity index (χ0n) is 12.8. The van der Waals surface area contributed by atoms with Crippen LogP contribution in [0, 0.1) is 0 Å². The maximum atomic E-state index is 11.8. The third-order valence-corrected chi connectivity index (χ3v) is 5.22. The van der Waals surface area contributed by atoms with Gasteiger partial charge in [-0.15, -0.1) is 11.8 Å². The minimum absolute atomic E-state index is 0.173. The van der Waals surface area contributed by atoms with Crippen LogP contribution in [0.5, 0.6) is 0 Å². The van der Waals surface area contributed by atoms with E-state index in [-0.39, 0.29) is 5.91 Å². The summed E-state index contributed by atoms with van der Waals surface area (Å²) in [7, 11) is 0. The molecule has 122 valence electrons. The maximum absolute atomic E-state index is 11.8. The van der Waals surface area contributed by atoms with Gasteiger partial charge in [0.2, 0.25) is 5.91 Å². The van der Waals surface area contributed by atoms with Gasteiger partial charge in [0.1, 0.15) is 0 Å². The molecule has 1 aromatic carbocycles. The summed E-state index contributed by atoms with van der Waals surface area (Å²) >= 11 is 5.23.